The van der Waals surface area contributed by atoms with Gasteiger partial charge < -0.3 is 10.6 Å². The Morgan fingerprint density at radius 3 is 2.64 bits per heavy atom. The fourth-order valence-corrected chi connectivity index (χ4v) is 2.15. The minimum Gasteiger partial charge on any atom is -0.352 e. The van der Waals surface area contributed by atoms with Crippen molar-refractivity contribution in [2.24, 2.45) is 0 Å². The average Bonchev–Trinajstić information content (AvgIpc) is 2.12. The van der Waals surface area contributed by atoms with Crippen LogP contribution >= 0.6 is 0 Å². The summed E-state index contributed by atoms with van der Waals surface area (Å²) in [5.41, 5.74) is -0.298. The quantitative estimate of drug-likeness (QED) is 0.696. The molecule has 1 unspecified atom stereocenters. The van der Waals surface area contributed by atoms with Gasteiger partial charge in [-0.05, 0) is 52.0 Å². The summed E-state index contributed by atoms with van der Waals surface area (Å²) in [6, 6.07) is 0.461. The molecule has 2 N–H and O–H groups in total. The van der Waals surface area contributed by atoms with Crippen LogP contribution in [0.2, 0.25) is 0 Å². The van der Waals surface area contributed by atoms with Gasteiger partial charge >= 0.3 is 0 Å². The second-order valence-electron chi connectivity index (χ2n) is 4.82. The normalized spacial score (nSPS) is 33.5. The molecule has 0 aromatic rings. The van der Waals surface area contributed by atoms with Gasteiger partial charge in [0.1, 0.15) is 0 Å². The van der Waals surface area contributed by atoms with Crippen molar-refractivity contribution in [2.75, 3.05) is 6.54 Å². The van der Waals surface area contributed by atoms with E-state index in [1.165, 1.54) is 32.1 Å². The van der Waals surface area contributed by atoms with Crippen LogP contribution in [-0.2, 0) is 4.79 Å². The third-order valence-electron chi connectivity index (χ3n) is 3.56. The van der Waals surface area contributed by atoms with Crippen molar-refractivity contribution in [1.82, 2.24) is 10.6 Å². The highest BCUT2D eigenvalue weighted by Crippen LogP contribution is 2.22. The number of nitrogens with one attached hydrogen (secondary N) is 2. The molecule has 3 heteroatoms. The summed E-state index contributed by atoms with van der Waals surface area (Å²) in [5, 5.41) is 6.46. The van der Waals surface area contributed by atoms with Crippen molar-refractivity contribution in [1.29, 1.82) is 0 Å². The molecule has 1 aliphatic heterocycles. The Kier molecular flexibility index (Phi) is 2.77. The molecule has 2 fully saturated rings. The zero-order chi connectivity index (χ0) is 10.0. The minimum atomic E-state index is -0.298. The van der Waals surface area contributed by atoms with Crippen LogP contribution in [0.5, 0.6) is 0 Å². The van der Waals surface area contributed by atoms with Crippen LogP contribution in [0, 0.1) is 0 Å². The van der Waals surface area contributed by atoms with Gasteiger partial charge in [0.25, 0.3) is 0 Å². The van der Waals surface area contributed by atoms with Crippen molar-refractivity contribution in [3.63, 3.8) is 0 Å². The number of piperidine rings is 1. The lowest BCUT2D eigenvalue weighted by molar-refractivity contribution is -0.129. The predicted octanol–water partition coefficient (Wildman–Crippen LogP) is 1.19. The molecule has 0 radical (unpaired) electrons. The van der Waals surface area contributed by atoms with Gasteiger partial charge in [-0.3, -0.25) is 4.79 Å². The lowest BCUT2D eigenvalue weighted by Gasteiger charge is -2.36. The summed E-state index contributed by atoms with van der Waals surface area (Å²) in [6.45, 7) is 3.01. The van der Waals surface area contributed by atoms with Crippen molar-refractivity contribution in [3.8, 4) is 0 Å². The van der Waals surface area contributed by atoms with Gasteiger partial charge in [0, 0.05) is 6.04 Å². The smallest absolute Gasteiger partial charge is 0.240 e. The third-order valence-corrected chi connectivity index (χ3v) is 3.56. The van der Waals surface area contributed by atoms with Crippen molar-refractivity contribution >= 4 is 5.91 Å². The van der Waals surface area contributed by atoms with Gasteiger partial charge in [0.05, 0.1) is 5.54 Å². The highest BCUT2D eigenvalue weighted by atomic mass is 16.2. The van der Waals surface area contributed by atoms with Crippen LogP contribution < -0.4 is 10.6 Å². The highest BCUT2D eigenvalue weighted by Gasteiger charge is 2.35. The van der Waals surface area contributed by atoms with E-state index in [0.717, 1.165) is 13.0 Å². The number of carbonyl (C=O) groups excluding carboxylic acids is 1. The number of amides is 1. The summed E-state index contributed by atoms with van der Waals surface area (Å²) >= 11 is 0. The first kappa shape index (κ1) is 9.97. The molecule has 0 aromatic heterocycles. The molecule has 0 aromatic carbocycles. The third kappa shape index (κ3) is 1.92. The molecule has 2 aliphatic rings. The Morgan fingerprint density at radius 2 is 2.14 bits per heavy atom. The fourth-order valence-electron chi connectivity index (χ4n) is 2.15. The van der Waals surface area contributed by atoms with Gasteiger partial charge in [-0.15, -0.1) is 0 Å². The van der Waals surface area contributed by atoms with E-state index >= 15 is 0 Å². The first-order chi connectivity index (χ1) is 6.71. The van der Waals surface area contributed by atoms with Crippen LogP contribution in [0.25, 0.3) is 0 Å². The molecular weight excluding hydrogens is 176 g/mol. The summed E-state index contributed by atoms with van der Waals surface area (Å²) in [4.78, 5) is 11.9. The molecule has 1 saturated heterocycles. The second kappa shape index (κ2) is 3.89. The largest absolute Gasteiger partial charge is 0.352 e. The second-order valence-corrected chi connectivity index (χ2v) is 4.82. The molecule has 2 rings (SSSR count). The Labute approximate surface area is 85.6 Å². The summed E-state index contributed by atoms with van der Waals surface area (Å²) in [5.74, 6) is 0.210. The molecule has 3 nitrogen and oxygen atoms in total. The maximum atomic E-state index is 11.9. The minimum absolute atomic E-state index is 0.210. The van der Waals surface area contributed by atoms with E-state index in [-0.39, 0.29) is 11.4 Å². The van der Waals surface area contributed by atoms with E-state index in [0.29, 0.717) is 6.04 Å². The molecule has 1 heterocycles. The number of hydrogen-bond donors (Lipinski definition) is 2. The molecule has 80 valence electrons. The van der Waals surface area contributed by atoms with Crippen molar-refractivity contribution in [2.45, 2.75) is 57.0 Å². The van der Waals surface area contributed by atoms with Gasteiger partial charge in [-0.25, -0.2) is 0 Å². The Bertz CT molecular complexity index is 217. The maximum Gasteiger partial charge on any atom is 0.240 e. The molecule has 1 saturated carbocycles. The molecular formula is C11H20N2O. The van der Waals surface area contributed by atoms with E-state index < -0.39 is 0 Å². The Morgan fingerprint density at radius 1 is 1.36 bits per heavy atom. The predicted molar refractivity (Wildman–Crippen MR) is 56.0 cm³/mol. The zero-order valence-corrected chi connectivity index (χ0v) is 8.94. The van der Waals surface area contributed by atoms with Gasteiger partial charge in [0.15, 0.2) is 0 Å². The van der Waals surface area contributed by atoms with Crippen LogP contribution in [0.1, 0.15) is 45.4 Å². The first-order valence-corrected chi connectivity index (χ1v) is 5.77. The Hall–Kier alpha value is -0.570. The molecule has 0 bridgehead atoms. The molecule has 1 amide bonds. The van der Waals surface area contributed by atoms with Crippen molar-refractivity contribution < 1.29 is 4.79 Å². The van der Waals surface area contributed by atoms with Crippen LogP contribution in [0.3, 0.4) is 0 Å². The zero-order valence-electron chi connectivity index (χ0n) is 8.94. The van der Waals surface area contributed by atoms with Gasteiger partial charge in [0.2, 0.25) is 5.91 Å². The molecule has 1 aliphatic carbocycles. The average molecular weight is 196 g/mol. The summed E-state index contributed by atoms with van der Waals surface area (Å²) < 4.78 is 0. The summed E-state index contributed by atoms with van der Waals surface area (Å²) in [7, 11) is 0. The topological polar surface area (TPSA) is 41.1 Å². The SMILES string of the molecule is CC1(C(=O)NC2CCC2)CCCCN1. The monoisotopic (exact) mass is 196 g/mol. The molecule has 0 spiro atoms. The van der Waals surface area contributed by atoms with Crippen LogP contribution in [-0.4, -0.2) is 24.0 Å². The maximum absolute atomic E-state index is 11.9. The van der Waals surface area contributed by atoms with E-state index in [4.69, 9.17) is 0 Å². The summed E-state index contributed by atoms with van der Waals surface area (Å²) in [6.07, 6.45) is 6.96. The van der Waals surface area contributed by atoms with E-state index in [2.05, 4.69) is 10.6 Å². The molecule has 14 heavy (non-hydrogen) atoms. The van der Waals surface area contributed by atoms with E-state index in [1.54, 1.807) is 0 Å². The van der Waals surface area contributed by atoms with E-state index in [1.807, 2.05) is 6.92 Å². The number of rotatable bonds is 2. The van der Waals surface area contributed by atoms with E-state index in [9.17, 15) is 4.79 Å². The Balaban J connectivity index is 1.87. The lowest BCUT2D eigenvalue weighted by Crippen LogP contribution is -2.59. The fraction of sp³-hybridized carbons (Fsp3) is 0.909. The standard InChI is InChI=1S/C11H20N2O/c1-11(7-2-3-8-12-11)10(14)13-9-5-4-6-9/h9,12H,2-8H2,1H3,(H,13,14). The lowest BCUT2D eigenvalue weighted by atomic mass is 9.87. The van der Waals surface area contributed by atoms with Crippen LogP contribution in [0.4, 0.5) is 0 Å². The number of hydrogen-bond acceptors (Lipinski definition) is 2. The first-order valence-electron chi connectivity index (χ1n) is 5.77. The van der Waals surface area contributed by atoms with Gasteiger partial charge in [-0.1, -0.05) is 0 Å². The highest BCUT2D eigenvalue weighted by molar-refractivity contribution is 5.86. The number of carbonyl (C=O) groups is 1. The van der Waals surface area contributed by atoms with Crippen LogP contribution in [0.15, 0.2) is 0 Å². The van der Waals surface area contributed by atoms with Gasteiger partial charge in [-0.2, -0.15) is 0 Å². The van der Waals surface area contributed by atoms with Crippen molar-refractivity contribution in [3.05, 3.63) is 0 Å². The molecule has 1 atom stereocenters.